The largest absolute Gasteiger partial charge is 0.456 e. The van der Waals surface area contributed by atoms with Crippen molar-refractivity contribution in [1.29, 1.82) is 0 Å². The number of hydrogen-bond acceptors (Lipinski definition) is 5. The van der Waals surface area contributed by atoms with Crippen molar-refractivity contribution < 1.29 is 14.3 Å². The molecule has 1 heterocycles. The number of aromatic nitrogens is 2. The smallest absolute Gasteiger partial charge is 0.308 e. The fourth-order valence-corrected chi connectivity index (χ4v) is 2.53. The summed E-state index contributed by atoms with van der Waals surface area (Å²) < 4.78 is 6.32. The summed E-state index contributed by atoms with van der Waals surface area (Å²) in [6.07, 6.45) is 1.37. The van der Waals surface area contributed by atoms with Crippen LogP contribution in [0.25, 0.3) is 10.9 Å². The maximum absolute atomic E-state index is 12.3. The van der Waals surface area contributed by atoms with Crippen molar-refractivity contribution in [2.75, 3.05) is 11.9 Å². The van der Waals surface area contributed by atoms with E-state index >= 15 is 0 Å². The summed E-state index contributed by atoms with van der Waals surface area (Å²) in [6, 6.07) is 14.3. The number of carbonyl (C=O) groups is 2. The Morgan fingerprint density at radius 2 is 1.85 bits per heavy atom. The van der Waals surface area contributed by atoms with Crippen LogP contribution in [0.4, 0.5) is 5.69 Å². The Morgan fingerprint density at radius 1 is 1.11 bits per heavy atom. The van der Waals surface area contributed by atoms with Crippen molar-refractivity contribution in [3.05, 3.63) is 70.8 Å². The Kier molecular flexibility index (Phi) is 5.61. The SMILES string of the molecule is Cc1ccc(NC(=O)COC(=O)CCn2cnc3ccccc3c2=O)cc1. The van der Waals surface area contributed by atoms with Gasteiger partial charge in [-0.2, -0.15) is 0 Å². The number of hydrogen-bond donors (Lipinski definition) is 1. The van der Waals surface area contributed by atoms with Crippen LogP contribution in [0.3, 0.4) is 0 Å². The Bertz CT molecular complexity index is 1030. The molecule has 2 aromatic carbocycles. The third kappa shape index (κ3) is 4.78. The van der Waals surface area contributed by atoms with Crippen LogP contribution in [0.15, 0.2) is 59.7 Å². The van der Waals surface area contributed by atoms with Crippen molar-refractivity contribution in [1.82, 2.24) is 9.55 Å². The predicted octanol–water partition coefficient (Wildman–Crippen LogP) is 2.28. The number of esters is 1. The molecule has 0 unspecified atom stereocenters. The summed E-state index contributed by atoms with van der Waals surface area (Å²) in [5.74, 6) is -0.981. The fourth-order valence-electron chi connectivity index (χ4n) is 2.53. The van der Waals surface area contributed by atoms with Gasteiger partial charge in [-0.15, -0.1) is 0 Å². The van der Waals surface area contributed by atoms with E-state index in [0.29, 0.717) is 16.6 Å². The number of carbonyl (C=O) groups excluding carboxylic acids is 2. The number of aryl methyl sites for hydroxylation is 2. The summed E-state index contributed by atoms with van der Waals surface area (Å²) in [5, 5.41) is 3.14. The quantitative estimate of drug-likeness (QED) is 0.677. The van der Waals surface area contributed by atoms with Crippen LogP contribution < -0.4 is 10.9 Å². The van der Waals surface area contributed by atoms with Crippen molar-refractivity contribution in [3.63, 3.8) is 0 Å². The Balaban J connectivity index is 1.50. The third-order valence-corrected chi connectivity index (χ3v) is 3.99. The summed E-state index contributed by atoms with van der Waals surface area (Å²) in [4.78, 5) is 40.2. The van der Waals surface area contributed by atoms with E-state index in [-0.39, 0.29) is 25.1 Å². The lowest BCUT2D eigenvalue weighted by Crippen LogP contribution is -2.24. The first-order valence-electron chi connectivity index (χ1n) is 8.49. The van der Waals surface area contributed by atoms with Gasteiger partial charge < -0.3 is 10.1 Å². The van der Waals surface area contributed by atoms with Crippen LogP contribution in [0.5, 0.6) is 0 Å². The minimum absolute atomic E-state index is 0.0300. The van der Waals surface area contributed by atoms with E-state index in [1.54, 1.807) is 36.4 Å². The molecular weight excluding hydrogens is 346 g/mol. The highest BCUT2D eigenvalue weighted by atomic mass is 16.5. The van der Waals surface area contributed by atoms with Crippen LogP contribution in [0.2, 0.25) is 0 Å². The Labute approximate surface area is 155 Å². The minimum Gasteiger partial charge on any atom is -0.456 e. The first-order chi connectivity index (χ1) is 13.0. The van der Waals surface area contributed by atoms with Crippen molar-refractivity contribution >= 4 is 28.5 Å². The average Bonchev–Trinajstić information content (AvgIpc) is 2.68. The van der Waals surface area contributed by atoms with Crippen LogP contribution in [0, 0.1) is 6.92 Å². The zero-order chi connectivity index (χ0) is 19.2. The topological polar surface area (TPSA) is 90.3 Å². The number of rotatable bonds is 6. The highest BCUT2D eigenvalue weighted by Crippen LogP contribution is 2.08. The molecule has 138 valence electrons. The van der Waals surface area contributed by atoms with Gasteiger partial charge in [0.2, 0.25) is 0 Å². The molecule has 7 heteroatoms. The van der Waals surface area contributed by atoms with Crippen LogP contribution in [0.1, 0.15) is 12.0 Å². The van der Waals surface area contributed by atoms with E-state index in [2.05, 4.69) is 10.3 Å². The first-order valence-corrected chi connectivity index (χ1v) is 8.49. The number of nitrogens with zero attached hydrogens (tertiary/aromatic N) is 2. The second-order valence-corrected chi connectivity index (χ2v) is 6.09. The number of fused-ring (bicyclic) bond motifs is 1. The summed E-state index contributed by atoms with van der Waals surface area (Å²) in [5.41, 5.74) is 2.10. The highest BCUT2D eigenvalue weighted by Gasteiger charge is 2.10. The van der Waals surface area contributed by atoms with Gasteiger partial charge >= 0.3 is 5.97 Å². The summed E-state index contributed by atoms with van der Waals surface area (Å²) in [6.45, 7) is 1.70. The normalized spacial score (nSPS) is 10.6. The van der Waals surface area contributed by atoms with E-state index in [1.807, 2.05) is 19.1 Å². The molecule has 7 nitrogen and oxygen atoms in total. The molecule has 27 heavy (non-hydrogen) atoms. The second kappa shape index (κ2) is 8.27. The van der Waals surface area contributed by atoms with Gasteiger partial charge in [0.25, 0.3) is 11.5 Å². The predicted molar refractivity (Wildman–Crippen MR) is 101 cm³/mol. The molecule has 1 N–H and O–H groups in total. The zero-order valence-corrected chi connectivity index (χ0v) is 14.8. The van der Waals surface area contributed by atoms with Gasteiger partial charge in [-0.3, -0.25) is 19.0 Å². The van der Waals surface area contributed by atoms with Gasteiger partial charge in [-0.05, 0) is 31.2 Å². The van der Waals surface area contributed by atoms with Gasteiger partial charge in [-0.1, -0.05) is 29.8 Å². The van der Waals surface area contributed by atoms with E-state index in [1.165, 1.54) is 10.9 Å². The molecule has 0 spiro atoms. The van der Waals surface area contributed by atoms with Crippen molar-refractivity contribution in [3.8, 4) is 0 Å². The maximum Gasteiger partial charge on any atom is 0.308 e. The fraction of sp³-hybridized carbons (Fsp3) is 0.200. The molecule has 0 saturated heterocycles. The molecule has 0 saturated carbocycles. The van der Waals surface area contributed by atoms with Gasteiger partial charge in [0.1, 0.15) is 0 Å². The molecule has 0 aliphatic rings. The van der Waals surface area contributed by atoms with Crippen LogP contribution >= 0.6 is 0 Å². The third-order valence-electron chi connectivity index (χ3n) is 3.99. The molecule has 0 aliphatic heterocycles. The lowest BCUT2D eigenvalue weighted by atomic mass is 10.2. The van der Waals surface area contributed by atoms with E-state index in [4.69, 9.17) is 4.74 Å². The zero-order valence-electron chi connectivity index (χ0n) is 14.8. The van der Waals surface area contributed by atoms with E-state index in [0.717, 1.165) is 5.56 Å². The van der Waals surface area contributed by atoms with Crippen molar-refractivity contribution in [2.24, 2.45) is 0 Å². The van der Waals surface area contributed by atoms with Crippen LogP contribution in [-0.4, -0.2) is 28.0 Å². The van der Waals surface area contributed by atoms with Crippen LogP contribution in [-0.2, 0) is 20.9 Å². The molecule has 0 fully saturated rings. The molecular formula is C20H19N3O4. The molecule has 0 aliphatic carbocycles. The number of ether oxygens (including phenoxy) is 1. The number of para-hydroxylation sites is 1. The number of nitrogens with one attached hydrogen (secondary N) is 1. The van der Waals surface area contributed by atoms with Gasteiger partial charge in [0.15, 0.2) is 6.61 Å². The molecule has 3 rings (SSSR count). The molecule has 1 aromatic heterocycles. The minimum atomic E-state index is -0.561. The number of amides is 1. The monoisotopic (exact) mass is 365 g/mol. The number of benzene rings is 2. The number of anilines is 1. The Hall–Kier alpha value is -3.48. The molecule has 0 bridgehead atoms. The molecule has 0 atom stereocenters. The van der Waals surface area contributed by atoms with Gasteiger partial charge in [0, 0.05) is 12.2 Å². The molecule has 1 amide bonds. The lowest BCUT2D eigenvalue weighted by molar-refractivity contribution is -0.147. The van der Waals surface area contributed by atoms with Gasteiger partial charge in [0.05, 0.1) is 23.7 Å². The Morgan fingerprint density at radius 3 is 2.63 bits per heavy atom. The van der Waals surface area contributed by atoms with E-state index in [9.17, 15) is 14.4 Å². The molecule has 0 radical (unpaired) electrons. The lowest BCUT2D eigenvalue weighted by Gasteiger charge is -2.08. The highest BCUT2D eigenvalue weighted by molar-refractivity contribution is 5.92. The second-order valence-electron chi connectivity index (χ2n) is 6.09. The standard InChI is InChI=1S/C20H19N3O4/c1-14-6-8-15(9-7-14)22-18(24)12-27-19(25)10-11-23-13-21-17-5-3-2-4-16(17)20(23)26/h2-9,13H,10-12H2,1H3,(H,22,24). The summed E-state index contributed by atoms with van der Waals surface area (Å²) >= 11 is 0. The molecule has 3 aromatic rings. The average molecular weight is 365 g/mol. The summed E-state index contributed by atoms with van der Waals surface area (Å²) in [7, 11) is 0. The van der Waals surface area contributed by atoms with Crippen molar-refractivity contribution in [2.45, 2.75) is 19.9 Å². The van der Waals surface area contributed by atoms with E-state index < -0.39 is 11.9 Å². The first kappa shape index (κ1) is 18.3. The maximum atomic E-state index is 12.3. The van der Waals surface area contributed by atoms with Gasteiger partial charge in [-0.25, -0.2) is 4.98 Å².